The molecular weight excluding hydrogens is 962 g/mol. The van der Waals surface area contributed by atoms with Crippen molar-refractivity contribution < 1.29 is 57.4 Å². The number of aromatic nitrogens is 2. The molecule has 0 unspecified atom stereocenters. The van der Waals surface area contributed by atoms with Gasteiger partial charge in [-0.1, -0.05) is 43.7 Å². The molecule has 3 aliphatic heterocycles. The van der Waals surface area contributed by atoms with E-state index in [0.717, 1.165) is 4.90 Å². The van der Waals surface area contributed by atoms with E-state index in [2.05, 4.69) is 26.6 Å². The van der Waals surface area contributed by atoms with Gasteiger partial charge in [0.25, 0.3) is 17.4 Å². The van der Waals surface area contributed by atoms with Crippen LogP contribution in [0, 0.1) is 12.7 Å². The van der Waals surface area contributed by atoms with Crippen molar-refractivity contribution in [2.75, 3.05) is 39.8 Å². The van der Waals surface area contributed by atoms with E-state index in [4.69, 9.17) is 9.72 Å². The van der Waals surface area contributed by atoms with Crippen molar-refractivity contribution in [1.29, 1.82) is 0 Å². The normalized spacial score (nSPS) is 17.4. The number of imide groups is 1. The molecule has 4 aromatic rings. The number of halogens is 1. The Bertz CT molecular complexity index is 3090. The molecule has 0 radical (unpaired) electrons. The first-order valence-corrected chi connectivity index (χ1v) is 24.4. The third-order valence-corrected chi connectivity index (χ3v) is 14.1. The fraction of sp³-hybridized carbons (Fsp3) is 0.404. The van der Waals surface area contributed by atoms with Crippen molar-refractivity contribution in [3.8, 4) is 11.4 Å². The first-order chi connectivity index (χ1) is 35.4. The molecule has 2 aromatic heterocycles. The second kappa shape index (κ2) is 21.9. The van der Waals surface area contributed by atoms with Gasteiger partial charge in [-0.3, -0.25) is 48.1 Å². The van der Waals surface area contributed by atoms with Crippen LogP contribution in [0.2, 0.25) is 0 Å². The Morgan fingerprint density at radius 1 is 0.865 bits per heavy atom. The Morgan fingerprint density at radius 3 is 2.26 bits per heavy atom. The molecule has 0 spiro atoms. The van der Waals surface area contributed by atoms with Crippen LogP contribution in [0.1, 0.15) is 90.4 Å². The molecule has 22 heteroatoms. The van der Waals surface area contributed by atoms with Crippen LogP contribution in [0.4, 0.5) is 4.39 Å². The molecular formula is C52H56FN9O12. The number of amides is 8. The Kier molecular flexibility index (Phi) is 15.5. The minimum Gasteiger partial charge on any atom is -0.458 e. The van der Waals surface area contributed by atoms with Crippen LogP contribution >= 0.6 is 0 Å². The molecule has 2 aromatic carbocycles. The van der Waals surface area contributed by atoms with Gasteiger partial charge in [0.05, 0.1) is 61.2 Å². The summed E-state index contributed by atoms with van der Waals surface area (Å²) in [6.45, 7) is 1.25. The molecule has 0 saturated heterocycles. The van der Waals surface area contributed by atoms with Gasteiger partial charge in [0.1, 0.15) is 18.5 Å². The largest absolute Gasteiger partial charge is 0.458 e. The average molecular weight is 1020 g/mol. The Hall–Kier alpha value is -8.14. The van der Waals surface area contributed by atoms with Crippen molar-refractivity contribution in [3.63, 3.8) is 0 Å². The smallest absolute Gasteiger partial charge is 0.343 e. The average Bonchev–Trinajstić information content (AvgIpc) is 3.94. The number of hydrogen-bond acceptors (Lipinski definition) is 13. The standard InChI is InChI=1S/C52H56FN9O12/c1-4-52(73)33-20-38-48-31(26-62(38)50(71)32(33)27-74-51(52)72)47-37(15-14-30-28(2)34(53)21-35(59-48)46(30)47)60(3)45(69)25-56-41(65)23-57-49(70)36(19-29-11-7-5-8-12-29)58-42(66)24-55-40(64)22-54-39(63)13-9-6-10-18-61-43(67)16-17-44(61)68/h5,7-8,11-12,16-17,20-21,36-37,73H,4,6,9-10,13-15,18-19,22-27H2,1-3H3,(H,54,63)(H,55,64)(H,56,65)(H,57,70)(H,58,66)/t36-,37-,52-/m0/s1. The zero-order valence-electron chi connectivity index (χ0n) is 41.1. The van der Waals surface area contributed by atoms with Gasteiger partial charge in [-0.2, -0.15) is 0 Å². The Morgan fingerprint density at radius 2 is 1.54 bits per heavy atom. The van der Waals surface area contributed by atoms with Crippen LogP contribution < -0.4 is 32.1 Å². The van der Waals surface area contributed by atoms with E-state index < -0.39 is 96.7 Å². The summed E-state index contributed by atoms with van der Waals surface area (Å²) in [5, 5.41) is 24.5. The molecule has 6 N–H and O–H groups in total. The number of rotatable bonds is 20. The highest BCUT2D eigenvalue weighted by Gasteiger charge is 2.46. The molecule has 4 aliphatic rings. The number of pyridine rings is 2. The number of likely N-dealkylation sites (N-methyl/N-ethyl adjacent to an activating group) is 1. The molecule has 74 heavy (non-hydrogen) atoms. The maximum absolute atomic E-state index is 15.5. The van der Waals surface area contributed by atoms with Gasteiger partial charge in [-0.25, -0.2) is 14.2 Å². The van der Waals surface area contributed by atoms with Crippen molar-refractivity contribution in [2.45, 2.75) is 96.1 Å². The zero-order chi connectivity index (χ0) is 53.0. The summed E-state index contributed by atoms with van der Waals surface area (Å²) in [4.78, 5) is 136. The second-order valence-corrected chi connectivity index (χ2v) is 18.7. The van der Waals surface area contributed by atoms with E-state index >= 15 is 4.39 Å². The van der Waals surface area contributed by atoms with Crippen LogP contribution in [0.15, 0.2) is 59.4 Å². The monoisotopic (exact) mass is 1020 g/mol. The lowest BCUT2D eigenvalue weighted by atomic mass is 9.81. The third kappa shape index (κ3) is 10.7. The number of aliphatic hydroxyl groups is 1. The lowest BCUT2D eigenvalue weighted by Crippen LogP contribution is -2.52. The fourth-order valence-electron chi connectivity index (χ4n) is 9.94. The van der Waals surface area contributed by atoms with Gasteiger partial charge in [0.15, 0.2) is 5.60 Å². The van der Waals surface area contributed by atoms with Crippen LogP contribution in [0.3, 0.4) is 0 Å². The molecule has 388 valence electrons. The SMILES string of the molecule is CC[C@@]1(O)C(=O)OCc2c1cc1n(c2=O)Cc2c-1nc1cc(F)c(C)c3c1c2[C@@H](N(C)C(=O)CNC(=O)CNC(=O)[C@H](Cc1ccccc1)NC(=O)CNC(=O)CNC(=O)CCCCCN1C(=O)C=CC1=O)CC3. The van der Waals surface area contributed by atoms with E-state index in [1.54, 1.807) is 57.3 Å². The third-order valence-electron chi connectivity index (χ3n) is 14.1. The highest BCUT2D eigenvalue weighted by atomic mass is 19.1. The van der Waals surface area contributed by atoms with Gasteiger partial charge in [0.2, 0.25) is 35.4 Å². The lowest BCUT2D eigenvalue weighted by Gasteiger charge is -2.35. The van der Waals surface area contributed by atoms with Crippen molar-refractivity contribution in [3.05, 3.63) is 110 Å². The van der Waals surface area contributed by atoms with E-state index in [9.17, 15) is 53.1 Å². The van der Waals surface area contributed by atoms with Crippen LogP contribution in [-0.4, -0.2) is 123 Å². The minimum atomic E-state index is -2.06. The Labute approximate surface area is 423 Å². The van der Waals surface area contributed by atoms with E-state index in [-0.39, 0.29) is 61.9 Å². The number of nitrogens with one attached hydrogen (secondary N) is 5. The maximum Gasteiger partial charge on any atom is 0.343 e. The number of cyclic esters (lactones) is 1. The minimum absolute atomic E-state index is 0.0224. The molecule has 0 saturated carbocycles. The van der Waals surface area contributed by atoms with Gasteiger partial charge >= 0.3 is 5.97 Å². The molecule has 8 rings (SSSR count). The number of carbonyl (C=O) groups is 9. The van der Waals surface area contributed by atoms with Crippen LogP contribution in [-0.2, 0) is 79.5 Å². The Balaban J connectivity index is 0.860. The number of fused-ring (bicyclic) bond motifs is 5. The van der Waals surface area contributed by atoms with Gasteiger partial charge in [-0.15, -0.1) is 0 Å². The highest BCUT2D eigenvalue weighted by molar-refractivity contribution is 6.12. The van der Waals surface area contributed by atoms with E-state index in [1.807, 2.05) is 0 Å². The fourth-order valence-corrected chi connectivity index (χ4v) is 9.94. The number of carbonyl (C=O) groups excluding carboxylic acids is 9. The zero-order valence-corrected chi connectivity index (χ0v) is 41.1. The topological polar surface area (TPSA) is 285 Å². The van der Waals surface area contributed by atoms with Gasteiger partial charge in [0, 0.05) is 61.2 Å². The number of hydrogen-bond donors (Lipinski definition) is 6. The van der Waals surface area contributed by atoms with Crippen molar-refractivity contribution in [1.82, 2.24) is 45.9 Å². The summed E-state index contributed by atoms with van der Waals surface area (Å²) in [7, 11) is 1.57. The summed E-state index contributed by atoms with van der Waals surface area (Å²) in [6, 6.07) is 9.82. The summed E-state index contributed by atoms with van der Waals surface area (Å²) in [6.07, 6.45) is 4.77. The number of benzene rings is 2. The first-order valence-electron chi connectivity index (χ1n) is 24.4. The molecule has 1 aliphatic carbocycles. The summed E-state index contributed by atoms with van der Waals surface area (Å²) in [5.41, 5.74) is 1.78. The molecule has 3 atom stereocenters. The number of ether oxygens (including phenoxy) is 1. The maximum atomic E-state index is 15.5. The predicted octanol–water partition coefficient (Wildman–Crippen LogP) is 0.651. The van der Waals surface area contributed by atoms with Crippen LogP contribution in [0.5, 0.6) is 0 Å². The predicted molar refractivity (Wildman–Crippen MR) is 261 cm³/mol. The van der Waals surface area contributed by atoms with E-state index in [1.165, 1.54) is 27.7 Å². The summed E-state index contributed by atoms with van der Waals surface area (Å²) in [5.74, 6) is -5.82. The van der Waals surface area contributed by atoms with Crippen molar-refractivity contribution >= 4 is 64.1 Å². The van der Waals surface area contributed by atoms with Gasteiger partial charge < -0.3 is 45.9 Å². The van der Waals surface area contributed by atoms with Gasteiger partial charge in [-0.05, 0) is 67.3 Å². The highest BCUT2D eigenvalue weighted by Crippen LogP contribution is 2.47. The number of unbranched alkanes of at least 4 members (excludes halogenated alkanes) is 2. The number of nitrogens with zero attached hydrogens (tertiary/aromatic N) is 4. The molecule has 5 heterocycles. The quantitative estimate of drug-likeness (QED) is 0.0356. The molecule has 8 amide bonds. The lowest BCUT2D eigenvalue weighted by molar-refractivity contribution is -0.172. The van der Waals surface area contributed by atoms with E-state index in [0.29, 0.717) is 82.2 Å². The first kappa shape index (κ1) is 52.2. The molecule has 0 fully saturated rings. The van der Waals surface area contributed by atoms with Crippen molar-refractivity contribution in [2.24, 2.45) is 0 Å². The summed E-state index contributed by atoms with van der Waals surface area (Å²) < 4.78 is 22.2. The second-order valence-electron chi connectivity index (χ2n) is 18.7. The number of esters is 1. The molecule has 0 bridgehead atoms. The number of aryl methyl sites for hydroxylation is 1. The summed E-state index contributed by atoms with van der Waals surface area (Å²) >= 11 is 0. The van der Waals surface area contributed by atoms with Crippen LogP contribution in [0.25, 0.3) is 22.3 Å². The molecule has 21 nitrogen and oxygen atoms in total.